The van der Waals surface area contributed by atoms with Gasteiger partial charge in [-0.2, -0.15) is 0 Å². The van der Waals surface area contributed by atoms with Crippen LogP contribution in [0.3, 0.4) is 0 Å². The number of rotatable bonds is 16. The zero-order valence-electron chi connectivity index (χ0n) is 36.3. The molecule has 14 nitrogen and oxygen atoms in total. The standard InChI is InChI=1S/C49H59N5O9/c1-4-5-6-7-8-9-10-11-12-31-13-15-34-28-36(17-16-33(34)25-31)46(59)50-23-21-43(57)54-24-22-40(54)48(61)53(3)44-35-18-20-42(56)38(29-35)37-26-32(14-19-41(37)55)27-39(49(62)63)52-45(58)30(2)51-47(44)60/h13-20,25-26,28-30,39-40,44,55-56H,4-12,21-24,27H2,1-3H3,(H,50,59)(H,51,60)(H,52,58)(H,62,63)/t30-,39-,40-,44-/m0/s1. The number of fused-ring (bicyclic) bond motifs is 6. The SMILES string of the molecule is CCCCCCCCCCc1ccc2cc(C(=O)NCCC(=O)N3CC[C@H]3C(=O)N(C)[C@@H]3C(=O)N[C@@H](C)C(=O)N[C@H](C(=O)O)Cc4ccc(O)c(c4)-c4cc3ccc4O)ccc2c1. The number of likely N-dealkylation sites (tertiary alicyclic amines) is 1. The molecule has 4 aromatic rings. The highest BCUT2D eigenvalue weighted by atomic mass is 16.4. The number of aromatic hydroxyl groups is 2. The van der Waals surface area contributed by atoms with Gasteiger partial charge in [0.05, 0.1) is 0 Å². The molecule has 0 unspecified atom stereocenters. The summed E-state index contributed by atoms with van der Waals surface area (Å²) in [5.41, 5.74) is 2.69. The van der Waals surface area contributed by atoms with Crippen molar-refractivity contribution in [3.63, 3.8) is 0 Å². The van der Waals surface area contributed by atoms with Crippen LogP contribution in [0.4, 0.5) is 0 Å². The van der Waals surface area contributed by atoms with Crippen molar-refractivity contribution in [3.8, 4) is 22.6 Å². The molecule has 6 rings (SSSR count). The van der Waals surface area contributed by atoms with Gasteiger partial charge in [-0.25, -0.2) is 4.79 Å². The first-order valence-corrected chi connectivity index (χ1v) is 22.1. The molecule has 0 aliphatic carbocycles. The smallest absolute Gasteiger partial charge is 0.326 e. The maximum absolute atomic E-state index is 14.1. The number of aliphatic carboxylic acids is 1. The third-order valence-corrected chi connectivity index (χ3v) is 12.2. The van der Waals surface area contributed by atoms with E-state index in [4.69, 9.17) is 0 Å². The number of nitrogens with zero attached hydrogens (tertiary/aromatic N) is 2. The van der Waals surface area contributed by atoms with Gasteiger partial charge in [0.1, 0.15) is 35.7 Å². The van der Waals surface area contributed by atoms with Crippen molar-refractivity contribution in [1.82, 2.24) is 25.8 Å². The Morgan fingerprint density at radius 2 is 1.46 bits per heavy atom. The van der Waals surface area contributed by atoms with E-state index in [0.717, 1.165) is 23.6 Å². The number of phenolic OH excluding ortho intramolecular Hbond substituents is 2. The summed E-state index contributed by atoms with van der Waals surface area (Å²) in [5, 5.41) is 41.5. The predicted molar refractivity (Wildman–Crippen MR) is 239 cm³/mol. The number of nitrogens with one attached hydrogen (secondary N) is 3. The molecule has 5 amide bonds. The first-order valence-electron chi connectivity index (χ1n) is 22.1. The van der Waals surface area contributed by atoms with E-state index in [-0.39, 0.29) is 59.4 Å². The van der Waals surface area contributed by atoms with Gasteiger partial charge in [-0.15, -0.1) is 0 Å². The summed E-state index contributed by atoms with van der Waals surface area (Å²) in [6, 6.07) is 15.6. The van der Waals surface area contributed by atoms with Gasteiger partial charge in [-0.1, -0.05) is 88.3 Å². The average Bonchev–Trinajstić information content (AvgIpc) is 3.24. The van der Waals surface area contributed by atoms with Crippen molar-refractivity contribution in [2.45, 2.75) is 115 Å². The highest BCUT2D eigenvalue weighted by Gasteiger charge is 2.42. The number of benzene rings is 4. The first kappa shape index (κ1) is 46.1. The molecule has 0 aromatic heterocycles. The van der Waals surface area contributed by atoms with E-state index in [1.54, 1.807) is 6.07 Å². The van der Waals surface area contributed by atoms with Crippen LogP contribution < -0.4 is 16.0 Å². The molecular formula is C49H59N5O9. The lowest BCUT2D eigenvalue weighted by atomic mass is 9.93. The van der Waals surface area contributed by atoms with Crippen LogP contribution in [0.5, 0.6) is 11.5 Å². The Morgan fingerprint density at radius 3 is 2.16 bits per heavy atom. The Hall–Kier alpha value is -6.44. The van der Waals surface area contributed by atoms with Gasteiger partial charge < -0.3 is 41.1 Å². The summed E-state index contributed by atoms with van der Waals surface area (Å²) in [5.74, 6) is -4.58. The highest BCUT2D eigenvalue weighted by Crippen LogP contribution is 2.39. The molecule has 14 heteroatoms. The van der Waals surface area contributed by atoms with E-state index in [0.29, 0.717) is 24.1 Å². The summed E-state index contributed by atoms with van der Waals surface area (Å²) >= 11 is 0. The van der Waals surface area contributed by atoms with E-state index in [9.17, 15) is 44.1 Å². The fourth-order valence-electron chi connectivity index (χ4n) is 8.40. The first-order chi connectivity index (χ1) is 30.2. The quantitative estimate of drug-likeness (QED) is 0.0714. The zero-order valence-corrected chi connectivity index (χ0v) is 36.3. The molecule has 334 valence electrons. The number of carboxylic acids is 1. The molecule has 2 heterocycles. The zero-order chi connectivity index (χ0) is 45.2. The van der Waals surface area contributed by atoms with E-state index in [1.807, 2.05) is 18.2 Å². The molecule has 0 saturated carbocycles. The minimum atomic E-state index is -1.38. The maximum Gasteiger partial charge on any atom is 0.326 e. The second-order valence-electron chi connectivity index (χ2n) is 16.8. The van der Waals surface area contributed by atoms with Gasteiger partial charge >= 0.3 is 5.97 Å². The largest absolute Gasteiger partial charge is 0.507 e. The topological polar surface area (TPSA) is 206 Å². The van der Waals surface area contributed by atoms with Crippen LogP contribution in [0.2, 0.25) is 0 Å². The predicted octanol–water partition coefficient (Wildman–Crippen LogP) is 6.15. The molecule has 2 aliphatic heterocycles. The Bertz CT molecular complexity index is 2350. The minimum Gasteiger partial charge on any atom is -0.507 e. The number of phenols is 2. The van der Waals surface area contributed by atoms with Crippen LogP contribution in [0.25, 0.3) is 21.9 Å². The number of unbranched alkanes of at least 4 members (excludes halogenated alkanes) is 7. The molecule has 4 bridgehead atoms. The molecule has 63 heavy (non-hydrogen) atoms. The second-order valence-corrected chi connectivity index (χ2v) is 16.8. The lowest BCUT2D eigenvalue weighted by Crippen LogP contribution is -2.60. The Balaban J connectivity index is 1.08. The molecule has 6 N–H and O–H groups in total. The Kier molecular flexibility index (Phi) is 15.4. The van der Waals surface area contributed by atoms with Crippen LogP contribution in [-0.4, -0.2) is 98.9 Å². The molecule has 2 aliphatic rings. The molecule has 4 aromatic carbocycles. The molecule has 1 saturated heterocycles. The van der Waals surface area contributed by atoms with Crippen LogP contribution in [-0.2, 0) is 36.8 Å². The third-order valence-electron chi connectivity index (χ3n) is 12.2. The van der Waals surface area contributed by atoms with Gasteiger partial charge in [-0.3, -0.25) is 24.0 Å². The van der Waals surface area contributed by atoms with Crippen LogP contribution >= 0.6 is 0 Å². The van der Waals surface area contributed by atoms with Gasteiger partial charge in [0.2, 0.25) is 23.6 Å². The summed E-state index contributed by atoms with van der Waals surface area (Å²) in [6.07, 6.45) is 11.3. The Labute approximate surface area is 368 Å². The van der Waals surface area contributed by atoms with Gasteiger partial charge in [0, 0.05) is 49.7 Å². The highest BCUT2D eigenvalue weighted by molar-refractivity contribution is 5.99. The van der Waals surface area contributed by atoms with Crippen molar-refractivity contribution in [2.24, 2.45) is 0 Å². The fraction of sp³-hybridized carbons (Fsp3) is 0.429. The molecule has 0 radical (unpaired) electrons. The van der Waals surface area contributed by atoms with Crippen molar-refractivity contribution in [2.75, 3.05) is 20.1 Å². The van der Waals surface area contributed by atoms with Crippen molar-refractivity contribution < 1.29 is 44.1 Å². The van der Waals surface area contributed by atoms with Crippen molar-refractivity contribution in [3.05, 3.63) is 95.1 Å². The van der Waals surface area contributed by atoms with E-state index < -0.39 is 47.9 Å². The maximum atomic E-state index is 14.1. The number of carboxylic acid groups (broad SMARTS) is 1. The molecule has 1 fully saturated rings. The summed E-state index contributed by atoms with van der Waals surface area (Å²) in [6.45, 7) is 3.95. The van der Waals surface area contributed by atoms with Gasteiger partial charge in [0.25, 0.3) is 5.91 Å². The van der Waals surface area contributed by atoms with Crippen molar-refractivity contribution in [1.29, 1.82) is 0 Å². The number of likely N-dealkylation sites (N-methyl/N-ethyl adjacent to an activating group) is 1. The third kappa shape index (κ3) is 11.3. The fourth-order valence-corrected chi connectivity index (χ4v) is 8.40. The lowest BCUT2D eigenvalue weighted by molar-refractivity contribution is -0.155. The van der Waals surface area contributed by atoms with E-state index >= 15 is 0 Å². The minimum absolute atomic E-state index is 0.0402. The van der Waals surface area contributed by atoms with E-state index in [2.05, 4.69) is 35.0 Å². The molecule has 4 atom stereocenters. The number of aryl methyl sites for hydroxylation is 1. The summed E-state index contributed by atoms with van der Waals surface area (Å²) in [7, 11) is 1.40. The van der Waals surface area contributed by atoms with Gasteiger partial charge in [0.15, 0.2) is 0 Å². The Morgan fingerprint density at radius 1 is 0.794 bits per heavy atom. The van der Waals surface area contributed by atoms with Crippen LogP contribution in [0, 0.1) is 0 Å². The summed E-state index contributed by atoms with van der Waals surface area (Å²) in [4.78, 5) is 82.7. The number of carbonyl (C=O) groups excluding carboxylic acids is 5. The number of hydrogen-bond donors (Lipinski definition) is 6. The lowest BCUT2D eigenvalue weighted by Gasteiger charge is -2.43. The van der Waals surface area contributed by atoms with Gasteiger partial charge in [-0.05, 0) is 90.0 Å². The summed E-state index contributed by atoms with van der Waals surface area (Å²) < 4.78 is 0. The van der Waals surface area contributed by atoms with Crippen LogP contribution in [0.1, 0.15) is 111 Å². The molecule has 0 spiro atoms. The van der Waals surface area contributed by atoms with Crippen molar-refractivity contribution >= 4 is 46.3 Å². The van der Waals surface area contributed by atoms with E-state index in [1.165, 1.54) is 111 Å². The average molecular weight is 862 g/mol. The molecular weight excluding hydrogens is 803 g/mol. The van der Waals surface area contributed by atoms with Crippen LogP contribution in [0.15, 0.2) is 72.8 Å². The number of hydrogen-bond acceptors (Lipinski definition) is 8. The monoisotopic (exact) mass is 861 g/mol. The number of amides is 5. The second kappa shape index (κ2) is 21.1. The number of carbonyl (C=O) groups is 6. The normalized spacial score (nSPS) is 18.7.